The molecule has 1 atom stereocenters. The summed E-state index contributed by atoms with van der Waals surface area (Å²) in [5.41, 5.74) is 0. The Kier molecular flexibility index (Phi) is 49.1. The van der Waals surface area contributed by atoms with Crippen LogP contribution in [-0.2, 0) is 28.6 Å². The molecule has 0 saturated carbocycles. The van der Waals surface area contributed by atoms with Crippen molar-refractivity contribution in [2.75, 3.05) is 13.2 Å². The van der Waals surface area contributed by atoms with Crippen molar-refractivity contribution in [2.45, 2.75) is 219 Å². The van der Waals surface area contributed by atoms with E-state index in [0.29, 0.717) is 19.3 Å². The zero-order valence-electron chi connectivity index (χ0n) is 41.7. The predicted molar refractivity (Wildman–Crippen MR) is 279 cm³/mol. The number of hydrogen-bond donors (Lipinski definition) is 0. The average Bonchev–Trinajstić information content (AvgIpc) is 3.30. The molecule has 6 heteroatoms. The Morgan fingerprint density at radius 3 is 1.11 bits per heavy atom. The molecule has 0 bridgehead atoms. The van der Waals surface area contributed by atoms with E-state index in [0.717, 1.165) is 70.6 Å². The average molecular weight is 899 g/mol. The molecule has 0 aliphatic heterocycles. The van der Waals surface area contributed by atoms with E-state index in [9.17, 15) is 14.4 Å². The number of hydrogen-bond acceptors (Lipinski definition) is 6. The molecule has 0 radical (unpaired) electrons. The summed E-state index contributed by atoms with van der Waals surface area (Å²) in [5.74, 6) is -1.06. The molecule has 0 N–H and O–H groups in total. The van der Waals surface area contributed by atoms with E-state index in [-0.39, 0.29) is 44.0 Å². The quantitative estimate of drug-likeness (QED) is 0.0199. The van der Waals surface area contributed by atoms with Crippen molar-refractivity contribution in [2.24, 2.45) is 0 Å². The zero-order valence-corrected chi connectivity index (χ0v) is 41.7. The maximum absolute atomic E-state index is 12.8. The van der Waals surface area contributed by atoms with Crippen LogP contribution >= 0.6 is 0 Å². The van der Waals surface area contributed by atoms with Gasteiger partial charge in [-0.15, -0.1) is 0 Å². The lowest BCUT2D eigenvalue weighted by Gasteiger charge is -2.18. The summed E-state index contributed by atoms with van der Waals surface area (Å²) in [4.78, 5) is 38.0. The van der Waals surface area contributed by atoms with E-state index in [2.05, 4.69) is 87.6 Å². The number of allylic oxidation sites excluding steroid dienone is 20. The third kappa shape index (κ3) is 50.7. The van der Waals surface area contributed by atoms with Crippen molar-refractivity contribution in [1.82, 2.24) is 0 Å². The summed E-state index contributed by atoms with van der Waals surface area (Å²) in [6.07, 6.45) is 72.0. The van der Waals surface area contributed by atoms with Crippen LogP contribution in [0.3, 0.4) is 0 Å². The lowest BCUT2D eigenvalue weighted by molar-refractivity contribution is -0.167. The molecule has 366 valence electrons. The van der Waals surface area contributed by atoms with Crippen LogP contribution in [0.25, 0.3) is 0 Å². The third-order valence-corrected chi connectivity index (χ3v) is 10.6. The predicted octanol–water partition coefficient (Wildman–Crippen LogP) is 17.3. The minimum Gasteiger partial charge on any atom is -0.462 e. The van der Waals surface area contributed by atoms with Crippen molar-refractivity contribution in [3.05, 3.63) is 122 Å². The summed E-state index contributed by atoms with van der Waals surface area (Å²) >= 11 is 0. The SMILES string of the molecule is CC/C=C/C=C/C=C/C=C/C=C/CCCC(=O)OCC(COC(=O)CCC/C=C/C/C=C/C/C=C/C/C=C/C/C=C/CC)OC(=O)CCCCCCCCCCCCCCCCCCC. The molecule has 0 aromatic carbocycles. The van der Waals surface area contributed by atoms with Gasteiger partial charge in [-0.2, -0.15) is 0 Å². The van der Waals surface area contributed by atoms with Gasteiger partial charge in [-0.25, -0.2) is 0 Å². The Morgan fingerprint density at radius 1 is 0.338 bits per heavy atom. The molecule has 0 spiro atoms. The summed E-state index contributed by atoms with van der Waals surface area (Å²) in [6.45, 7) is 6.26. The van der Waals surface area contributed by atoms with Crippen LogP contribution in [-0.4, -0.2) is 37.2 Å². The number of ether oxygens (including phenoxy) is 3. The first kappa shape index (κ1) is 60.8. The van der Waals surface area contributed by atoms with Gasteiger partial charge in [-0.05, 0) is 70.6 Å². The molecule has 0 aromatic heterocycles. The second kappa shape index (κ2) is 52.4. The summed E-state index contributed by atoms with van der Waals surface area (Å²) in [5, 5.41) is 0. The highest BCUT2D eigenvalue weighted by Gasteiger charge is 2.19. The number of esters is 3. The largest absolute Gasteiger partial charge is 0.462 e. The second-order valence-electron chi connectivity index (χ2n) is 16.8. The Balaban J connectivity index is 4.56. The molecule has 0 heterocycles. The number of unbranched alkanes of at least 4 members (excludes halogenated alkanes) is 18. The number of rotatable bonds is 45. The zero-order chi connectivity index (χ0) is 47.2. The first-order valence-electron chi connectivity index (χ1n) is 26.1. The van der Waals surface area contributed by atoms with Crippen LogP contribution < -0.4 is 0 Å². The molecule has 1 unspecified atom stereocenters. The van der Waals surface area contributed by atoms with Gasteiger partial charge < -0.3 is 14.2 Å². The van der Waals surface area contributed by atoms with Crippen LogP contribution in [0.1, 0.15) is 213 Å². The van der Waals surface area contributed by atoms with E-state index < -0.39 is 6.10 Å². The van der Waals surface area contributed by atoms with E-state index in [1.165, 1.54) is 89.9 Å². The Hall–Kier alpha value is -4.19. The van der Waals surface area contributed by atoms with Crippen molar-refractivity contribution in [3.63, 3.8) is 0 Å². The molecular weight excluding hydrogens is 805 g/mol. The molecule has 65 heavy (non-hydrogen) atoms. The van der Waals surface area contributed by atoms with Crippen LogP contribution in [0.2, 0.25) is 0 Å². The van der Waals surface area contributed by atoms with E-state index >= 15 is 0 Å². The Labute approximate surface area is 399 Å². The summed E-state index contributed by atoms with van der Waals surface area (Å²) in [6, 6.07) is 0. The van der Waals surface area contributed by atoms with Crippen LogP contribution in [0.4, 0.5) is 0 Å². The van der Waals surface area contributed by atoms with E-state index in [1.54, 1.807) is 0 Å². The van der Waals surface area contributed by atoms with Crippen LogP contribution in [0.5, 0.6) is 0 Å². The molecule has 0 amide bonds. The van der Waals surface area contributed by atoms with E-state index in [1.807, 2.05) is 54.7 Å². The molecule has 0 fully saturated rings. The Morgan fingerprint density at radius 2 is 0.677 bits per heavy atom. The minimum atomic E-state index is -0.831. The van der Waals surface area contributed by atoms with Gasteiger partial charge in [-0.1, -0.05) is 245 Å². The van der Waals surface area contributed by atoms with Gasteiger partial charge in [0.25, 0.3) is 0 Å². The second-order valence-corrected chi connectivity index (χ2v) is 16.8. The molecular formula is C59H94O6. The Bertz CT molecular complexity index is 1400. The van der Waals surface area contributed by atoms with Gasteiger partial charge in [0.05, 0.1) is 0 Å². The van der Waals surface area contributed by atoms with Crippen LogP contribution in [0, 0.1) is 0 Å². The fraction of sp³-hybridized carbons (Fsp3) is 0.610. The summed E-state index contributed by atoms with van der Waals surface area (Å²) in [7, 11) is 0. The summed E-state index contributed by atoms with van der Waals surface area (Å²) < 4.78 is 16.7. The molecule has 0 aliphatic carbocycles. The highest BCUT2D eigenvalue weighted by atomic mass is 16.6. The maximum Gasteiger partial charge on any atom is 0.306 e. The van der Waals surface area contributed by atoms with Gasteiger partial charge in [0.1, 0.15) is 13.2 Å². The van der Waals surface area contributed by atoms with Gasteiger partial charge in [0.2, 0.25) is 0 Å². The smallest absolute Gasteiger partial charge is 0.306 e. The van der Waals surface area contributed by atoms with Gasteiger partial charge in [-0.3, -0.25) is 14.4 Å². The topological polar surface area (TPSA) is 78.9 Å². The molecule has 0 aromatic rings. The molecule has 0 rings (SSSR count). The molecule has 0 aliphatic rings. The van der Waals surface area contributed by atoms with Gasteiger partial charge in [0.15, 0.2) is 6.10 Å². The van der Waals surface area contributed by atoms with Crippen molar-refractivity contribution in [1.29, 1.82) is 0 Å². The van der Waals surface area contributed by atoms with Gasteiger partial charge in [0, 0.05) is 19.3 Å². The molecule has 0 saturated heterocycles. The minimum absolute atomic E-state index is 0.132. The van der Waals surface area contributed by atoms with Crippen LogP contribution in [0.15, 0.2) is 122 Å². The highest BCUT2D eigenvalue weighted by molar-refractivity contribution is 5.71. The van der Waals surface area contributed by atoms with Crippen molar-refractivity contribution in [3.8, 4) is 0 Å². The maximum atomic E-state index is 12.8. The van der Waals surface area contributed by atoms with Crippen molar-refractivity contribution >= 4 is 17.9 Å². The fourth-order valence-corrected chi connectivity index (χ4v) is 6.74. The van der Waals surface area contributed by atoms with Gasteiger partial charge >= 0.3 is 17.9 Å². The number of carbonyl (C=O) groups is 3. The van der Waals surface area contributed by atoms with E-state index in [4.69, 9.17) is 14.2 Å². The first-order chi connectivity index (χ1) is 32.0. The normalized spacial score (nSPS) is 13.1. The highest BCUT2D eigenvalue weighted by Crippen LogP contribution is 2.15. The molecule has 6 nitrogen and oxygen atoms in total. The third-order valence-electron chi connectivity index (χ3n) is 10.6. The fourth-order valence-electron chi connectivity index (χ4n) is 6.74. The number of carbonyl (C=O) groups excluding carboxylic acids is 3. The lowest BCUT2D eigenvalue weighted by Crippen LogP contribution is -2.30. The standard InChI is InChI=1S/C59H94O6/c1-4-7-10-13-16-19-22-25-27-29-31-34-37-40-43-46-49-52-58(61)64-55-56(54-63-57(60)51-48-45-42-39-36-33-24-21-18-15-12-9-6-3)65-59(62)53-50-47-44-41-38-35-32-30-28-26-23-20-17-14-11-8-5-2/h7,9-10,12,15-16,18-19,21,24-25,27,31,33-34,36,39-40,42-43,56H,4-6,8,11,13-14,17,20,22-23,26,28-30,32,35,37-38,41,44-55H2,1-3H3/b10-7+,12-9+,18-15+,19-16+,24-21+,27-25+,34-31+,36-33+,42-39+,43-40+. The first-order valence-corrected chi connectivity index (χ1v) is 26.1. The monoisotopic (exact) mass is 899 g/mol. The van der Waals surface area contributed by atoms with Crippen molar-refractivity contribution < 1.29 is 28.6 Å². The lowest BCUT2D eigenvalue weighted by atomic mass is 10.0.